The van der Waals surface area contributed by atoms with E-state index in [2.05, 4.69) is 67.1 Å². The number of hydrogen-bond acceptors (Lipinski definition) is 5. The average molecular weight is 483 g/mol. The zero-order valence-electron chi connectivity index (χ0n) is 21.8. The Hall–Kier alpha value is -2.44. The molecule has 0 amide bonds. The molecule has 1 heterocycles. The predicted octanol–water partition coefficient (Wildman–Crippen LogP) is 6.96. The normalized spacial score (nSPS) is 16.4. The number of nitrogens with zero attached hydrogens (tertiary/aromatic N) is 4. The van der Waals surface area contributed by atoms with Gasteiger partial charge in [0.15, 0.2) is 0 Å². The third-order valence-electron chi connectivity index (χ3n) is 6.31. The molecule has 0 radical (unpaired) electrons. The van der Waals surface area contributed by atoms with Crippen molar-refractivity contribution in [2.45, 2.75) is 46.6 Å². The number of aliphatic imine (C=N–C) groups is 2. The Kier molecular flexibility index (Phi) is 10.5. The van der Waals surface area contributed by atoms with Crippen LogP contribution in [0.25, 0.3) is 11.3 Å². The lowest BCUT2D eigenvalue weighted by atomic mass is 9.98. The molecule has 4 nitrogen and oxygen atoms in total. The predicted molar refractivity (Wildman–Crippen MR) is 150 cm³/mol. The van der Waals surface area contributed by atoms with E-state index in [0.717, 1.165) is 58.3 Å². The number of aryl methyl sites for hydroxylation is 1. The molecule has 2 rings (SSSR count). The van der Waals surface area contributed by atoms with Gasteiger partial charge >= 0.3 is 0 Å². The minimum atomic E-state index is -0.470. The van der Waals surface area contributed by atoms with Crippen molar-refractivity contribution in [2.75, 3.05) is 34.2 Å². The van der Waals surface area contributed by atoms with Gasteiger partial charge in [0.05, 0.1) is 10.7 Å². The maximum Gasteiger partial charge on any atom is 0.215 e. The van der Waals surface area contributed by atoms with Gasteiger partial charge in [0.2, 0.25) is 5.97 Å². The van der Waals surface area contributed by atoms with Gasteiger partial charge < -0.3 is 9.80 Å². The molecule has 0 atom stereocenters. The Balaban J connectivity index is 2.30. The van der Waals surface area contributed by atoms with E-state index in [1.807, 2.05) is 32.0 Å². The minimum absolute atomic E-state index is 0.470. The van der Waals surface area contributed by atoms with Crippen molar-refractivity contribution in [1.29, 1.82) is 0 Å². The van der Waals surface area contributed by atoms with E-state index in [1.165, 1.54) is 12.6 Å². The van der Waals surface area contributed by atoms with Gasteiger partial charge in [-0.2, -0.15) is 4.39 Å². The van der Waals surface area contributed by atoms with E-state index in [1.54, 1.807) is 17.8 Å². The zero-order valence-corrected chi connectivity index (χ0v) is 22.6. The number of likely N-dealkylation sites (tertiary alicyclic amines) is 1. The monoisotopic (exact) mass is 482 g/mol. The van der Waals surface area contributed by atoms with Crippen LogP contribution in [0.4, 0.5) is 4.39 Å². The van der Waals surface area contributed by atoms with Crippen molar-refractivity contribution in [3.8, 4) is 0 Å². The summed E-state index contributed by atoms with van der Waals surface area (Å²) in [7, 11) is 5.78. The molecule has 0 N–H and O–H groups in total. The van der Waals surface area contributed by atoms with Crippen LogP contribution in [0.1, 0.15) is 50.3 Å². The maximum atomic E-state index is 14.2. The lowest BCUT2D eigenvalue weighted by Gasteiger charge is -2.37. The van der Waals surface area contributed by atoms with Crippen molar-refractivity contribution in [2.24, 2.45) is 9.98 Å². The highest BCUT2D eigenvalue weighted by Gasteiger charge is 2.22. The highest BCUT2D eigenvalue weighted by Crippen LogP contribution is 2.35. The second kappa shape index (κ2) is 12.9. The first kappa shape index (κ1) is 27.8. The Morgan fingerprint density at radius 1 is 1.26 bits per heavy atom. The highest BCUT2D eigenvalue weighted by atomic mass is 32.2. The van der Waals surface area contributed by atoms with E-state index in [9.17, 15) is 4.39 Å². The van der Waals surface area contributed by atoms with Crippen LogP contribution in [-0.4, -0.2) is 62.8 Å². The molecule has 6 heteroatoms. The maximum absolute atomic E-state index is 14.2. The summed E-state index contributed by atoms with van der Waals surface area (Å²) in [6, 6.07) is 6.36. The first-order chi connectivity index (χ1) is 16.1. The second-order valence-electron chi connectivity index (χ2n) is 8.94. The van der Waals surface area contributed by atoms with Crippen molar-refractivity contribution in [3.05, 3.63) is 69.1 Å². The van der Waals surface area contributed by atoms with E-state index in [0.29, 0.717) is 11.6 Å². The summed E-state index contributed by atoms with van der Waals surface area (Å²) < 4.78 is 14.2. The Morgan fingerprint density at radius 3 is 2.41 bits per heavy atom. The van der Waals surface area contributed by atoms with Crippen LogP contribution in [0.5, 0.6) is 0 Å². The van der Waals surface area contributed by atoms with Crippen LogP contribution in [0.2, 0.25) is 0 Å². The summed E-state index contributed by atoms with van der Waals surface area (Å²) in [4.78, 5) is 13.8. The number of benzene rings is 1. The molecule has 1 aromatic carbocycles. The third-order valence-corrected chi connectivity index (χ3v) is 7.58. The molecule has 1 saturated heterocycles. The fraction of sp³-hybridized carbons (Fsp3) is 0.429. The molecule has 0 spiro atoms. The largest absolute Gasteiger partial charge is 0.367 e. The Morgan fingerprint density at radius 2 is 1.91 bits per heavy atom. The van der Waals surface area contributed by atoms with Crippen molar-refractivity contribution < 1.29 is 4.39 Å². The first-order valence-corrected chi connectivity index (χ1v) is 12.5. The molecule has 0 bridgehead atoms. The van der Waals surface area contributed by atoms with E-state index < -0.39 is 5.97 Å². The number of piperidine rings is 1. The Labute approximate surface area is 209 Å². The van der Waals surface area contributed by atoms with Gasteiger partial charge in [-0.05, 0) is 84.6 Å². The fourth-order valence-electron chi connectivity index (χ4n) is 4.04. The standard InChI is InChI=1S/C28H39FN4S/c1-10-24(28(29)31-7)22-11-12-25(20(4)17-22)26(30-6)18-27(19(2)3)34-21(5)33(9)23-13-15-32(8)16-14-23/h10-12,17-18,23H,5-6,13-16H2,1-4,7-9H3/b24-10-,26-18-,31-28?. The van der Waals surface area contributed by atoms with Gasteiger partial charge in [-0.25, -0.2) is 0 Å². The first-order valence-electron chi connectivity index (χ1n) is 11.7. The summed E-state index contributed by atoms with van der Waals surface area (Å²) in [5.41, 5.74) is 5.23. The molecule has 0 aromatic heterocycles. The number of allylic oxidation sites excluding steroid dienone is 4. The minimum Gasteiger partial charge on any atom is -0.367 e. The third kappa shape index (κ3) is 7.03. The van der Waals surface area contributed by atoms with Crippen LogP contribution in [0, 0.1) is 6.92 Å². The highest BCUT2D eigenvalue weighted by molar-refractivity contribution is 8.06. The smallest absolute Gasteiger partial charge is 0.215 e. The van der Waals surface area contributed by atoms with Gasteiger partial charge in [-0.15, -0.1) is 0 Å². The lowest BCUT2D eigenvalue weighted by molar-refractivity contribution is 0.177. The second-order valence-corrected chi connectivity index (χ2v) is 10.1. The number of thioether (sulfide) groups is 1. The fourth-order valence-corrected chi connectivity index (χ4v) is 4.96. The molecule has 1 aromatic rings. The molecule has 184 valence electrons. The van der Waals surface area contributed by atoms with Crippen molar-refractivity contribution in [3.63, 3.8) is 0 Å². The molecule has 0 unspecified atom stereocenters. The summed E-state index contributed by atoms with van der Waals surface area (Å²) >= 11 is 1.68. The zero-order chi connectivity index (χ0) is 25.4. The van der Waals surface area contributed by atoms with Crippen LogP contribution in [0.3, 0.4) is 0 Å². The molecule has 1 aliphatic rings. The molecular formula is C28H39FN4S. The number of hydrogen-bond donors (Lipinski definition) is 0. The van der Waals surface area contributed by atoms with Crippen molar-refractivity contribution >= 4 is 35.7 Å². The van der Waals surface area contributed by atoms with Gasteiger partial charge in [0.1, 0.15) is 0 Å². The number of halogens is 1. The van der Waals surface area contributed by atoms with Crippen LogP contribution in [-0.2, 0) is 0 Å². The van der Waals surface area contributed by atoms with E-state index in [4.69, 9.17) is 0 Å². The van der Waals surface area contributed by atoms with Crippen LogP contribution >= 0.6 is 11.8 Å². The molecular weight excluding hydrogens is 443 g/mol. The summed E-state index contributed by atoms with van der Waals surface area (Å²) in [5.74, 6) is -0.470. The van der Waals surface area contributed by atoms with E-state index in [-0.39, 0.29) is 0 Å². The van der Waals surface area contributed by atoms with Gasteiger partial charge in [-0.1, -0.05) is 48.2 Å². The molecule has 0 saturated carbocycles. The summed E-state index contributed by atoms with van der Waals surface area (Å²) in [6.07, 6.45) is 6.11. The SMILES string of the molecule is C=N/C(=C\C(SC(=C)N(C)C1CCN(C)CC1)=C(C)C)c1ccc(/C(=C/C)C(F)=NC)cc1C. The van der Waals surface area contributed by atoms with Gasteiger partial charge in [0, 0.05) is 36.2 Å². The summed E-state index contributed by atoms with van der Waals surface area (Å²) in [5, 5.41) is 1.03. The Bertz CT molecular complexity index is 1020. The molecule has 34 heavy (non-hydrogen) atoms. The van der Waals surface area contributed by atoms with Crippen LogP contribution in [0.15, 0.2) is 62.4 Å². The van der Waals surface area contributed by atoms with Gasteiger partial charge in [-0.3, -0.25) is 9.98 Å². The molecule has 1 aliphatic heterocycles. The van der Waals surface area contributed by atoms with E-state index >= 15 is 0 Å². The quantitative estimate of drug-likeness (QED) is 0.281. The lowest BCUT2D eigenvalue weighted by Crippen LogP contribution is -2.40. The van der Waals surface area contributed by atoms with Crippen molar-refractivity contribution in [1.82, 2.24) is 9.80 Å². The van der Waals surface area contributed by atoms with Gasteiger partial charge in [0.25, 0.3) is 0 Å². The topological polar surface area (TPSA) is 31.2 Å². The van der Waals surface area contributed by atoms with Crippen LogP contribution < -0.4 is 0 Å². The number of rotatable bonds is 9. The molecule has 0 aliphatic carbocycles. The molecule has 1 fully saturated rings. The summed E-state index contributed by atoms with van der Waals surface area (Å²) in [6.45, 7) is 18.5. The average Bonchev–Trinajstić information content (AvgIpc) is 2.82.